The number of carbonyl (C=O) groups is 1. The van der Waals surface area contributed by atoms with Crippen molar-refractivity contribution in [1.29, 1.82) is 0 Å². The largest absolute Gasteiger partial charge is 0.458 e. The molecule has 1 atom stereocenters. The second-order valence-electron chi connectivity index (χ2n) is 7.02. The van der Waals surface area contributed by atoms with Gasteiger partial charge in [-0.3, -0.25) is 4.79 Å². The Labute approximate surface area is 119 Å². The minimum Gasteiger partial charge on any atom is -0.458 e. The second kappa shape index (κ2) is 5.23. The summed E-state index contributed by atoms with van der Waals surface area (Å²) >= 11 is 0. The zero-order valence-corrected chi connectivity index (χ0v) is 13.0. The fraction of sp³-hybridized carbons (Fsp3) is 0.933. The SMILES string of the molecule is CCC(C)(C(=O)OC1(C(C)(C)C)CCCC1)C(F)(F)F. The van der Waals surface area contributed by atoms with Gasteiger partial charge < -0.3 is 4.74 Å². The number of esters is 1. The standard InChI is InChI=1S/C15H25F3O2/c1-6-13(5,15(16,17)18)11(19)20-14(12(2,3)4)9-7-8-10-14/h6-10H2,1-5H3. The van der Waals surface area contributed by atoms with Gasteiger partial charge in [-0.15, -0.1) is 0 Å². The van der Waals surface area contributed by atoms with E-state index in [1.807, 2.05) is 20.8 Å². The van der Waals surface area contributed by atoms with Crippen molar-refractivity contribution >= 4 is 5.97 Å². The van der Waals surface area contributed by atoms with Gasteiger partial charge in [0.1, 0.15) is 5.60 Å². The highest BCUT2D eigenvalue weighted by atomic mass is 19.4. The van der Waals surface area contributed by atoms with Gasteiger partial charge in [0.15, 0.2) is 5.41 Å². The first-order chi connectivity index (χ1) is 8.90. The minimum absolute atomic E-state index is 0.310. The quantitative estimate of drug-likeness (QED) is 0.694. The molecule has 1 saturated carbocycles. The van der Waals surface area contributed by atoms with E-state index in [1.54, 1.807) is 0 Å². The summed E-state index contributed by atoms with van der Waals surface area (Å²) in [5, 5.41) is 0. The number of rotatable bonds is 3. The molecule has 1 fully saturated rings. The topological polar surface area (TPSA) is 26.3 Å². The number of ether oxygens (including phenoxy) is 1. The monoisotopic (exact) mass is 294 g/mol. The van der Waals surface area contributed by atoms with E-state index in [0.717, 1.165) is 19.8 Å². The molecule has 2 nitrogen and oxygen atoms in total. The van der Waals surface area contributed by atoms with Crippen molar-refractivity contribution in [3.05, 3.63) is 0 Å². The Kier molecular flexibility index (Phi) is 4.52. The van der Waals surface area contributed by atoms with Gasteiger partial charge in [0.05, 0.1) is 0 Å². The Morgan fingerprint density at radius 3 is 1.85 bits per heavy atom. The third-order valence-electron chi connectivity index (χ3n) is 4.85. The molecule has 20 heavy (non-hydrogen) atoms. The maximum Gasteiger partial charge on any atom is 0.404 e. The summed E-state index contributed by atoms with van der Waals surface area (Å²) in [4.78, 5) is 12.2. The highest BCUT2D eigenvalue weighted by molar-refractivity contribution is 5.78. The molecule has 0 bridgehead atoms. The fourth-order valence-corrected chi connectivity index (χ4v) is 2.70. The minimum atomic E-state index is -4.59. The van der Waals surface area contributed by atoms with E-state index >= 15 is 0 Å². The van der Waals surface area contributed by atoms with Gasteiger partial charge in [0, 0.05) is 5.41 Å². The Hall–Kier alpha value is -0.740. The molecule has 0 aromatic carbocycles. The van der Waals surface area contributed by atoms with E-state index in [2.05, 4.69) is 0 Å². The van der Waals surface area contributed by atoms with Crippen molar-refractivity contribution in [1.82, 2.24) is 0 Å². The van der Waals surface area contributed by atoms with Gasteiger partial charge in [-0.2, -0.15) is 13.2 Å². The van der Waals surface area contributed by atoms with Crippen LogP contribution in [0, 0.1) is 10.8 Å². The van der Waals surface area contributed by atoms with Gasteiger partial charge in [-0.1, -0.05) is 27.7 Å². The molecular formula is C15H25F3O2. The van der Waals surface area contributed by atoms with Crippen LogP contribution in [0.3, 0.4) is 0 Å². The van der Waals surface area contributed by atoms with Crippen LogP contribution in [0.1, 0.15) is 66.7 Å². The van der Waals surface area contributed by atoms with Crippen LogP contribution in [0.4, 0.5) is 13.2 Å². The van der Waals surface area contributed by atoms with Crippen molar-refractivity contribution < 1.29 is 22.7 Å². The van der Waals surface area contributed by atoms with Crippen LogP contribution in [-0.4, -0.2) is 17.7 Å². The van der Waals surface area contributed by atoms with E-state index in [4.69, 9.17) is 4.74 Å². The maximum absolute atomic E-state index is 13.1. The van der Waals surface area contributed by atoms with Crippen LogP contribution in [-0.2, 0) is 9.53 Å². The lowest BCUT2D eigenvalue weighted by molar-refractivity contribution is -0.243. The molecule has 0 N–H and O–H groups in total. The molecule has 0 saturated heterocycles. The van der Waals surface area contributed by atoms with Crippen LogP contribution < -0.4 is 0 Å². The first-order valence-electron chi connectivity index (χ1n) is 7.20. The van der Waals surface area contributed by atoms with Crippen LogP contribution in [0.25, 0.3) is 0 Å². The first-order valence-corrected chi connectivity index (χ1v) is 7.20. The summed E-state index contributed by atoms with van der Waals surface area (Å²) in [5.41, 5.74) is -3.56. The third kappa shape index (κ3) is 2.82. The predicted octanol–water partition coefficient (Wildman–Crippen LogP) is 4.87. The Balaban J connectivity index is 3.04. The van der Waals surface area contributed by atoms with Gasteiger partial charge >= 0.3 is 12.1 Å². The zero-order chi connectivity index (χ0) is 15.8. The number of carbonyl (C=O) groups excluding carboxylic acids is 1. The second-order valence-corrected chi connectivity index (χ2v) is 7.02. The molecule has 0 amide bonds. The van der Waals surface area contributed by atoms with Crippen LogP contribution in [0.15, 0.2) is 0 Å². The van der Waals surface area contributed by atoms with Crippen molar-refractivity contribution in [3.63, 3.8) is 0 Å². The summed E-state index contributed by atoms with van der Waals surface area (Å²) in [7, 11) is 0. The van der Waals surface area contributed by atoms with E-state index in [9.17, 15) is 18.0 Å². The average molecular weight is 294 g/mol. The number of hydrogen-bond acceptors (Lipinski definition) is 2. The molecule has 0 aromatic heterocycles. The predicted molar refractivity (Wildman–Crippen MR) is 71.2 cm³/mol. The van der Waals surface area contributed by atoms with Gasteiger partial charge in [-0.25, -0.2) is 0 Å². The Morgan fingerprint density at radius 1 is 1.10 bits per heavy atom. The number of alkyl halides is 3. The van der Waals surface area contributed by atoms with E-state index in [0.29, 0.717) is 12.8 Å². The molecular weight excluding hydrogens is 269 g/mol. The van der Waals surface area contributed by atoms with Gasteiger partial charge in [0.25, 0.3) is 0 Å². The number of hydrogen-bond donors (Lipinski definition) is 0. The molecule has 0 spiro atoms. The lowest BCUT2D eigenvalue weighted by Gasteiger charge is -2.43. The summed E-state index contributed by atoms with van der Waals surface area (Å²) in [6.07, 6.45) is -1.84. The average Bonchev–Trinajstić information content (AvgIpc) is 2.75. The normalized spacial score (nSPS) is 22.4. The fourth-order valence-electron chi connectivity index (χ4n) is 2.70. The smallest absolute Gasteiger partial charge is 0.404 e. The van der Waals surface area contributed by atoms with E-state index in [-0.39, 0.29) is 11.8 Å². The van der Waals surface area contributed by atoms with Crippen LogP contribution in [0.5, 0.6) is 0 Å². The van der Waals surface area contributed by atoms with Crippen molar-refractivity contribution in [2.24, 2.45) is 10.8 Å². The Morgan fingerprint density at radius 2 is 1.55 bits per heavy atom. The molecule has 0 radical (unpaired) electrons. The third-order valence-corrected chi connectivity index (χ3v) is 4.85. The zero-order valence-electron chi connectivity index (χ0n) is 13.0. The van der Waals surface area contributed by atoms with Gasteiger partial charge in [-0.05, 0) is 39.0 Å². The van der Waals surface area contributed by atoms with Gasteiger partial charge in [0.2, 0.25) is 0 Å². The molecule has 118 valence electrons. The van der Waals surface area contributed by atoms with Crippen LogP contribution >= 0.6 is 0 Å². The molecule has 0 heterocycles. The van der Waals surface area contributed by atoms with E-state index < -0.39 is 23.2 Å². The lowest BCUT2D eigenvalue weighted by atomic mass is 9.74. The summed E-state index contributed by atoms with van der Waals surface area (Å²) in [6, 6.07) is 0. The number of halogens is 3. The summed E-state index contributed by atoms with van der Waals surface area (Å²) in [6.45, 7) is 8.06. The molecule has 5 heteroatoms. The van der Waals surface area contributed by atoms with E-state index in [1.165, 1.54) is 6.92 Å². The highest BCUT2D eigenvalue weighted by Gasteiger charge is 2.59. The van der Waals surface area contributed by atoms with Crippen molar-refractivity contribution in [2.75, 3.05) is 0 Å². The van der Waals surface area contributed by atoms with Crippen molar-refractivity contribution in [3.8, 4) is 0 Å². The maximum atomic E-state index is 13.1. The molecule has 1 aliphatic rings. The lowest BCUT2D eigenvalue weighted by Crippen LogP contribution is -2.51. The Bertz CT molecular complexity index is 362. The molecule has 1 rings (SSSR count). The molecule has 1 unspecified atom stereocenters. The van der Waals surface area contributed by atoms with Crippen molar-refractivity contribution in [2.45, 2.75) is 78.5 Å². The first kappa shape index (κ1) is 17.3. The highest BCUT2D eigenvalue weighted by Crippen LogP contribution is 2.49. The summed E-state index contributed by atoms with van der Waals surface area (Å²) < 4.78 is 44.9. The molecule has 1 aliphatic carbocycles. The molecule has 0 aliphatic heterocycles. The molecule has 0 aromatic rings. The summed E-state index contributed by atoms with van der Waals surface area (Å²) in [5.74, 6) is -1.13. The van der Waals surface area contributed by atoms with Crippen LogP contribution in [0.2, 0.25) is 0 Å².